The maximum Gasteiger partial charge on any atom is 0.246 e. The smallest absolute Gasteiger partial charge is 0.246 e. The average molecular weight is 225 g/mol. The van der Waals surface area contributed by atoms with Crippen LogP contribution in [-0.4, -0.2) is 23.2 Å². The fourth-order valence-electron chi connectivity index (χ4n) is 2.17. The van der Waals surface area contributed by atoms with E-state index in [4.69, 9.17) is 0 Å². The molecule has 16 heavy (non-hydrogen) atoms. The van der Waals surface area contributed by atoms with Crippen molar-refractivity contribution in [2.45, 2.75) is 58.0 Å². The van der Waals surface area contributed by atoms with Gasteiger partial charge in [0.05, 0.1) is 5.60 Å². The van der Waals surface area contributed by atoms with E-state index in [0.717, 1.165) is 37.7 Å². The van der Waals surface area contributed by atoms with Gasteiger partial charge in [-0.3, -0.25) is 4.79 Å². The molecule has 0 aromatic carbocycles. The van der Waals surface area contributed by atoms with E-state index in [-0.39, 0.29) is 5.91 Å². The molecule has 1 saturated carbocycles. The Morgan fingerprint density at radius 1 is 1.38 bits per heavy atom. The second kappa shape index (κ2) is 6.04. The number of nitrogens with one attached hydrogen (secondary N) is 1. The van der Waals surface area contributed by atoms with Crippen molar-refractivity contribution >= 4 is 5.91 Å². The van der Waals surface area contributed by atoms with E-state index in [1.807, 2.05) is 19.9 Å². The highest BCUT2D eigenvalue weighted by Crippen LogP contribution is 2.27. The quantitative estimate of drug-likeness (QED) is 0.720. The first kappa shape index (κ1) is 13.2. The number of carbonyl (C=O) groups excluding carboxylic acids is 1. The number of hydrogen-bond donors (Lipinski definition) is 2. The van der Waals surface area contributed by atoms with Crippen LogP contribution < -0.4 is 5.32 Å². The molecule has 0 aliphatic heterocycles. The molecule has 0 bridgehead atoms. The van der Waals surface area contributed by atoms with Crippen molar-refractivity contribution in [1.82, 2.24) is 5.32 Å². The molecule has 3 nitrogen and oxygen atoms in total. The van der Waals surface area contributed by atoms with Gasteiger partial charge in [-0.1, -0.05) is 32.3 Å². The average Bonchev–Trinajstić information content (AvgIpc) is 2.27. The van der Waals surface area contributed by atoms with Crippen LogP contribution in [0.2, 0.25) is 0 Å². The summed E-state index contributed by atoms with van der Waals surface area (Å²) in [6.45, 7) is 4.20. The first-order valence-corrected chi connectivity index (χ1v) is 6.25. The van der Waals surface area contributed by atoms with Gasteiger partial charge >= 0.3 is 0 Å². The summed E-state index contributed by atoms with van der Waals surface area (Å²) in [7, 11) is 0. The van der Waals surface area contributed by atoms with Crippen molar-refractivity contribution in [3.63, 3.8) is 0 Å². The van der Waals surface area contributed by atoms with Gasteiger partial charge in [-0.05, 0) is 26.2 Å². The van der Waals surface area contributed by atoms with Gasteiger partial charge < -0.3 is 10.4 Å². The minimum Gasteiger partial charge on any atom is -0.388 e. The molecular formula is C13H23NO2. The molecule has 1 fully saturated rings. The zero-order valence-corrected chi connectivity index (χ0v) is 10.4. The highest BCUT2D eigenvalue weighted by atomic mass is 16.3. The predicted octanol–water partition coefficient (Wildman–Crippen LogP) is 2.15. The van der Waals surface area contributed by atoms with Gasteiger partial charge in [-0.25, -0.2) is 0 Å². The van der Waals surface area contributed by atoms with Crippen LogP contribution in [0.15, 0.2) is 11.6 Å². The Kier molecular flexibility index (Phi) is 5.00. The Morgan fingerprint density at radius 2 is 2.00 bits per heavy atom. The zero-order valence-electron chi connectivity index (χ0n) is 10.4. The van der Waals surface area contributed by atoms with E-state index in [1.54, 1.807) is 0 Å². The third-order valence-electron chi connectivity index (χ3n) is 3.23. The van der Waals surface area contributed by atoms with Gasteiger partial charge in [-0.15, -0.1) is 0 Å². The first-order chi connectivity index (χ1) is 7.57. The summed E-state index contributed by atoms with van der Waals surface area (Å²) in [5, 5.41) is 13.0. The lowest BCUT2D eigenvalue weighted by Crippen LogP contribution is -2.44. The maximum absolute atomic E-state index is 11.6. The summed E-state index contributed by atoms with van der Waals surface area (Å²) in [5.41, 5.74) is 0.0716. The fraction of sp³-hybridized carbons (Fsp3) is 0.769. The number of allylic oxidation sites excluding steroid dienone is 1. The SMILES string of the molecule is CCC=C(C)C(=O)NCC1(O)CCCCC1. The lowest BCUT2D eigenvalue weighted by atomic mass is 9.85. The topological polar surface area (TPSA) is 49.3 Å². The van der Waals surface area contributed by atoms with Crippen LogP contribution in [0.25, 0.3) is 0 Å². The molecule has 0 aromatic heterocycles. The third kappa shape index (κ3) is 3.97. The van der Waals surface area contributed by atoms with Crippen molar-refractivity contribution in [2.24, 2.45) is 0 Å². The minimum absolute atomic E-state index is 0.0548. The Hall–Kier alpha value is -0.830. The molecule has 0 radical (unpaired) electrons. The van der Waals surface area contributed by atoms with Crippen LogP contribution >= 0.6 is 0 Å². The van der Waals surface area contributed by atoms with Crippen LogP contribution in [0.3, 0.4) is 0 Å². The molecule has 0 aromatic rings. The van der Waals surface area contributed by atoms with Crippen molar-refractivity contribution < 1.29 is 9.90 Å². The zero-order chi connectivity index (χ0) is 12.0. The maximum atomic E-state index is 11.6. The molecule has 0 unspecified atom stereocenters. The second-order valence-corrected chi connectivity index (χ2v) is 4.76. The number of aliphatic hydroxyl groups is 1. The number of carbonyl (C=O) groups is 1. The van der Waals surface area contributed by atoms with E-state index >= 15 is 0 Å². The Morgan fingerprint density at radius 3 is 2.56 bits per heavy atom. The van der Waals surface area contributed by atoms with E-state index < -0.39 is 5.60 Å². The fourth-order valence-corrected chi connectivity index (χ4v) is 2.17. The van der Waals surface area contributed by atoms with Crippen molar-refractivity contribution in [2.75, 3.05) is 6.54 Å². The van der Waals surface area contributed by atoms with Crippen molar-refractivity contribution in [3.05, 3.63) is 11.6 Å². The summed E-state index contributed by atoms with van der Waals surface area (Å²) in [5.74, 6) is -0.0548. The van der Waals surface area contributed by atoms with Gasteiger partial charge in [0.25, 0.3) is 0 Å². The summed E-state index contributed by atoms with van der Waals surface area (Å²) in [6.07, 6.45) is 7.72. The molecule has 0 saturated heterocycles. The highest BCUT2D eigenvalue weighted by molar-refractivity contribution is 5.92. The van der Waals surface area contributed by atoms with Crippen LogP contribution in [0.5, 0.6) is 0 Å². The van der Waals surface area contributed by atoms with E-state index in [0.29, 0.717) is 6.54 Å². The molecule has 1 aliphatic rings. The van der Waals surface area contributed by atoms with E-state index in [2.05, 4.69) is 5.32 Å². The molecule has 1 rings (SSSR count). The molecule has 92 valence electrons. The number of rotatable bonds is 4. The lowest BCUT2D eigenvalue weighted by Gasteiger charge is -2.32. The summed E-state index contributed by atoms with van der Waals surface area (Å²) >= 11 is 0. The number of amides is 1. The molecule has 0 atom stereocenters. The lowest BCUT2D eigenvalue weighted by molar-refractivity contribution is -0.119. The van der Waals surface area contributed by atoms with Crippen LogP contribution in [-0.2, 0) is 4.79 Å². The van der Waals surface area contributed by atoms with Crippen LogP contribution in [0, 0.1) is 0 Å². The largest absolute Gasteiger partial charge is 0.388 e. The molecule has 1 aliphatic carbocycles. The summed E-state index contributed by atoms with van der Waals surface area (Å²) < 4.78 is 0. The van der Waals surface area contributed by atoms with Gasteiger partial charge in [0.2, 0.25) is 5.91 Å². The van der Waals surface area contributed by atoms with Crippen LogP contribution in [0.4, 0.5) is 0 Å². The van der Waals surface area contributed by atoms with E-state index in [1.165, 1.54) is 6.42 Å². The number of hydrogen-bond acceptors (Lipinski definition) is 2. The summed E-state index contributed by atoms with van der Waals surface area (Å²) in [6, 6.07) is 0. The first-order valence-electron chi connectivity index (χ1n) is 6.25. The monoisotopic (exact) mass is 225 g/mol. The molecule has 3 heteroatoms. The van der Waals surface area contributed by atoms with Crippen LogP contribution in [0.1, 0.15) is 52.4 Å². The Labute approximate surface area is 97.9 Å². The Balaban J connectivity index is 2.38. The second-order valence-electron chi connectivity index (χ2n) is 4.76. The van der Waals surface area contributed by atoms with Crippen molar-refractivity contribution in [1.29, 1.82) is 0 Å². The van der Waals surface area contributed by atoms with Crippen molar-refractivity contribution in [3.8, 4) is 0 Å². The molecular weight excluding hydrogens is 202 g/mol. The molecule has 0 spiro atoms. The molecule has 1 amide bonds. The predicted molar refractivity (Wildman–Crippen MR) is 65.1 cm³/mol. The highest BCUT2D eigenvalue weighted by Gasteiger charge is 2.29. The van der Waals surface area contributed by atoms with Gasteiger partial charge in [0.15, 0.2) is 0 Å². The van der Waals surface area contributed by atoms with Gasteiger partial charge in [0.1, 0.15) is 0 Å². The Bertz CT molecular complexity index is 265. The molecule has 2 N–H and O–H groups in total. The summed E-state index contributed by atoms with van der Waals surface area (Å²) in [4.78, 5) is 11.6. The third-order valence-corrected chi connectivity index (χ3v) is 3.23. The van der Waals surface area contributed by atoms with E-state index in [9.17, 15) is 9.90 Å². The minimum atomic E-state index is -0.666. The molecule has 0 heterocycles. The van der Waals surface area contributed by atoms with Gasteiger partial charge in [0, 0.05) is 12.1 Å². The normalized spacial score (nSPS) is 20.6. The van der Waals surface area contributed by atoms with Gasteiger partial charge in [-0.2, -0.15) is 0 Å². The standard InChI is InChI=1S/C13H23NO2/c1-3-7-11(2)12(15)14-10-13(16)8-5-4-6-9-13/h7,16H,3-6,8-10H2,1-2H3,(H,14,15).